The molecule has 0 aromatic heterocycles. The van der Waals surface area contributed by atoms with Crippen molar-refractivity contribution < 1.29 is 31.9 Å². The monoisotopic (exact) mass is 375 g/mol. The van der Waals surface area contributed by atoms with E-state index in [4.69, 9.17) is 4.74 Å². The lowest BCUT2D eigenvalue weighted by atomic mass is 9.88. The van der Waals surface area contributed by atoms with Crippen molar-refractivity contribution >= 4 is 12.0 Å². The number of carbonyl (C=O) groups excluding carboxylic acids is 2. The van der Waals surface area contributed by atoms with Gasteiger partial charge >= 0.3 is 12.3 Å². The highest BCUT2D eigenvalue weighted by atomic mass is 19.4. The van der Waals surface area contributed by atoms with Gasteiger partial charge in [0, 0.05) is 6.42 Å². The van der Waals surface area contributed by atoms with Crippen LogP contribution in [0, 0.1) is 5.92 Å². The van der Waals surface area contributed by atoms with E-state index in [0.29, 0.717) is 0 Å². The molecule has 4 nitrogen and oxygen atoms in total. The first kappa shape index (κ1) is 20.2. The van der Waals surface area contributed by atoms with Crippen molar-refractivity contribution in [1.29, 1.82) is 0 Å². The first-order valence-corrected chi connectivity index (χ1v) is 8.21. The smallest absolute Gasteiger partial charge is 0.417 e. The van der Waals surface area contributed by atoms with E-state index in [0.717, 1.165) is 23.1 Å². The first-order valence-electron chi connectivity index (χ1n) is 8.21. The maximum Gasteiger partial charge on any atom is 0.417 e. The maximum absolute atomic E-state index is 14.5. The molecule has 2 rings (SSSR count). The number of halogens is 4. The Balaban J connectivity index is 2.21. The number of amides is 2. The summed E-state index contributed by atoms with van der Waals surface area (Å²) in [5.74, 6) is -1.28. The van der Waals surface area contributed by atoms with Crippen molar-refractivity contribution in [3.8, 4) is 0 Å². The van der Waals surface area contributed by atoms with Crippen LogP contribution in [0.3, 0.4) is 0 Å². The third-order valence-corrected chi connectivity index (χ3v) is 4.34. The number of nitrogens with zero attached hydrogens (tertiary/aromatic N) is 1. The fourth-order valence-electron chi connectivity index (χ4n) is 3.41. The Labute approximate surface area is 149 Å². The highest BCUT2D eigenvalue weighted by Gasteiger charge is 2.53. The van der Waals surface area contributed by atoms with Gasteiger partial charge < -0.3 is 4.74 Å². The van der Waals surface area contributed by atoms with Gasteiger partial charge in [0.1, 0.15) is 5.60 Å². The summed E-state index contributed by atoms with van der Waals surface area (Å²) < 4.78 is 58.0. The lowest BCUT2D eigenvalue weighted by Crippen LogP contribution is -2.50. The molecule has 1 aromatic rings. The van der Waals surface area contributed by atoms with Crippen LogP contribution in [0.5, 0.6) is 0 Å². The molecule has 1 heterocycles. The van der Waals surface area contributed by atoms with Gasteiger partial charge in [-0.15, -0.1) is 0 Å². The van der Waals surface area contributed by atoms with Gasteiger partial charge in [-0.25, -0.2) is 14.1 Å². The molecule has 1 fully saturated rings. The molecule has 2 amide bonds. The SMILES string of the molecule is CC(C)C1N(C(=O)C(F)Cc2cccc(C(F)(F)F)c2)C(=O)OC1(C)C. The van der Waals surface area contributed by atoms with Crippen LogP contribution in [-0.4, -0.2) is 34.7 Å². The predicted molar refractivity (Wildman–Crippen MR) is 86.1 cm³/mol. The zero-order valence-electron chi connectivity index (χ0n) is 14.9. The highest BCUT2D eigenvalue weighted by molar-refractivity contribution is 5.96. The van der Waals surface area contributed by atoms with Crippen molar-refractivity contribution in [2.75, 3.05) is 0 Å². The number of hydrogen-bond donors (Lipinski definition) is 0. The zero-order chi connectivity index (χ0) is 19.9. The molecule has 0 saturated carbocycles. The topological polar surface area (TPSA) is 46.6 Å². The van der Waals surface area contributed by atoms with E-state index in [-0.39, 0.29) is 11.5 Å². The molecule has 2 atom stereocenters. The third kappa shape index (κ3) is 3.99. The second-order valence-electron chi connectivity index (χ2n) is 7.24. The molecule has 0 radical (unpaired) electrons. The van der Waals surface area contributed by atoms with Gasteiger partial charge in [-0.05, 0) is 31.4 Å². The van der Waals surface area contributed by atoms with Crippen LogP contribution in [0.15, 0.2) is 24.3 Å². The standard InChI is InChI=1S/C18H21F4NO3/c1-10(2)14-17(3,4)26-16(25)23(14)15(24)13(19)9-11-6-5-7-12(8-11)18(20,21)22/h5-8,10,13-14H,9H2,1-4H3. The number of cyclic esters (lactones) is 1. The third-order valence-electron chi connectivity index (χ3n) is 4.34. The largest absolute Gasteiger partial charge is 0.441 e. The summed E-state index contributed by atoms with van der Waals surface area (Å²) in [6, 6.07) is 3.46. The summed E-state index contributed by atoms with van der Waals surface area (Å²) >= 11 is 0. The van der Waals surface area contributed by atoms with Crippen LogP contribution < -0.4 is 0 Å². The molecule has 1 aliphatic rings. The molecule has 0 aliphatic carbocycles. The molecule has 2 unspecified atom stereocenters. The van der Waals surface area contributed by atoms with Crippen LogP contribution in [0.1, 0.15) is 38.8 Å². The number of alkyl halides is 4. The van der Waals surface area contributed by atoms with Gasteiger partial charge in [0.25, 0.3) is 5.91 Å². The van der Waals surface area contributed by atoms with Crippen LogP contribution in [-0.2, 0) is 22.1 Å². The molecular formula is C18H21F4NO3. The summed E-state index contributed by atoms with van der Waals surface area (Å²) in [4.78, 5) is 25.3. The molecule has 1 aromatic carbocycles. The molecule has 0 bridgehead atoms. The Morgan fingerprint density at radius 1 is 1.31 bits per heavy atom. The van der Waals surface area contributed by atoms with E-state index < -0.39 is 48.0 Å². The summed E-state index contributed by atoms with van der Waals surface area (Å²) in [6.45, 7) is 6.80. The Morgan fingerprint density at radius 3 is 2.46 bits per heavy atom. The second kappa shape index (κ2) is 6.89. The average Bonchev–Trinajstić information content (AvgIpc) is 2.74. The second-order valence-corrected chi connectivity index (χ2v) is 7.24. The summed E-state index contributed by atoms with van der Waals surface area (Å²) in [7, 11) is 0. The van der Waals surface area contributed by atoms with Gasteiger partial charge in [-0.1, -0.05) is 32.0 Å². The molecule has 8 heteroatoms. The molecule has 26 heavy (non-hydrogen) atoms. The molecule has 1 saturated heterocycles. The minimum absolute atomic E-state index is 0.0218. The van der Waals surface area contributed by atoms with Crippen molar-refractivity contribution in [3.63, 3.8) is 0 Å². The lowest BCUT2D eigenvalue weighted by Gasteiger charge is -2.31. The first-order chi connectivity index (χ1) is 11.8. The van der Waals surface area contributed by atoms with E-state index in [1.165, 1.54) is 6.07 Å². The lowest BCUT2D eigenvalue weighted by molar-refractivity contribution is -0.137. The molecular weight excluding hydrogens is 354 g/mol. The number of benzene rings is 1. The number of imide groups is 1. The van der Waals surface area contributed by atoms with Crippen molar-refractivity contribution in [3.05, 3.63) is 35.4 Å². The Hall–Kier alpha value is -2.12. The summed E-state index contributed by atoms with van der Waals surface area (Å²) in [5.41, 5.74) is -1.87. The summed E-state index contributed by atoms with van der Waals surface area (Å²) in [6.07, 6.45) is -8.21. The fraction of sp³-hybridized carbons (Fsp3) is 0.556. The van der Waals surface area contributed by atoms with Crippen molar-refractivity contribution in [2.24, 2.45) is 5.92 Å². The van der Waals surface area contributed by atoms with Gasteiger partial charge in [0.15, 0.2) is 6.17 Å². The Morgan fingerprint density at radius 2 is 1.92 bits per heavy atom. The van der Waals surface area contributed by atoms with Crippen LogP contribution in [0.4, 0.5) is 22.4 Å². The van der Waals surface area contributed by atoms with E-state index in [1.807, 2.05) is 0 Å². The van der Waals surface area contributed by atoms with Crippen LogP contribution in [0.2, 0.25) is 0 Å². The predicted octanol–water partition coefficient (Wildman–Crippen LogP) is 4.37. The van der Waals surface area contributed by atoms with E-state index in [9.17, 15) is 27.2 Å². The van der Waals surface area contributed by atoms with E-state index >= 15 is 0 Å². The van der Waals surface area contributed by atoms with Crippen LogP contribution in [0.25, 0.3) is 0 Å². The molecule has 1 aliphatic heterocycles. The molecule has 144 valence electrons. The number of ether oxygens (including phenoxy) is 1. The number of rotatable bonds is 4. The normalized spacial score (nSPS) is 21.0. The quantitative estimate of drug-likeness (QED) is 0.735. The summed E-state index contributed by atoms with van der Waals surface area (Å²) in [5, 5.41) is 0. The average molecular weight is 375 g/mol. The Bertz CT molecular complexity index is 700. The minimum Gasteiger partial charge on any atom is -0.441 e. The maximum atomic E-state index is 14.5. The minimum atomic E-state index is -4.56. The molecule has 0 spiro atoms. The van der Waals surface area contributed by atoms with Crippen LogP contribution >= 0.6 is 0 Å². The number of hydrogen-bond acceptors (Lipinski definition) is 3. The Kier molecular flexibility index (Phi) is 5.35. The van der Waals surface area contributed by atoms with Gasteiger partial charge in [-0.2, -0.15) is 13.2 Å². The van der Waals surface area contributed by atoms with E-state index in [2.05, 4.69) is 0 Å². The highest BCUT2D eigenvalue weighted by Crippen LogP contribution is 2.35. The van der Waals surface area contributed by atoms with Crippen molar-refractivity contribution in [1.82, 2.24) is 4.90 Å². The zero-order valence-corrected chi connectivity index (χ0v) is 14.9. The van der Waals surface area contributed by atoms with E-state index in [1.54, 1.807) is 27.7 Å². The fourth-order valence-corrected chi connectivity index (χ4v) is 3.41. The van der Waals surface area contributed by atoms with Gasteiger partial charge in [0.05, 0.1) is 11.6 Å². The van der Waals surface area contributed by atoms with Gasteiger partial charge in [-0.3, -0.25) is 4.79 Å². The van der Waals surface area contributed by atoms with Gasteiger partial charge in [0.2, 0.25) is 0 Å². The number of carbonyl (C=O) groups is 2. The van der Waals surface area contributed by atoms with Crippen molar-refractivity contribution in [2.45, 2.75) is 58.1 Å². The molecule has 0 N–H and O–H groups in total.